The van der Waals surface area contributed by atoms with Gasteiger partial charge in [0.25, 0.3) is 5.91 Å². The lowest BCUT2D eigenvalue weighted by atomic mass is 9.99. The molecule has 0 spiro atoms. The number of aryl methyl sites for hydroxylation is 1. The first-order chi connectivity index (χ1) is 12.8. The van der Waals surface area contributed by atoms with Gasteiger partial charge in [-0.05, 0) is 43.9 Å². The Balaban J connectivity index is 1.76. The van der Waals surface area contributed by atoms with Crippen LogP contribution < -0.4 is 16.0 Å². The second-order valence-corrected chi connectivity index (χ2v) is 6.86. The van der Waals surface area contributed by atoms with Gasteiger partial charge in [0, 0.05) is 26.7 Å². The number of nitrogens with one attached hydrogen (secondary N) is 3. The van der Waals surface area contributed by atoms with E-state index < -0.39 is 5.54 Å². The molecule has 2 rings (SSSR count). The molecule has 1 saturated heterocycles. The molecule has 0 radical (unpaired) electrons. The molecule has 3 amide bonds. The summed E-state index contributed by atoms with van der Waals surface area (Å²) < 4.78 is 13.6. The summed E-state index contributed by atoms with van der Waals surface area (Å²) in [6, 6.07) is 4.76. The second kappa shape index (κ2) is 8.83. The maximum atomic E-state index is 13.6. The number of nitrogens with zero attached hydrogens (tertiary/aromatic N) is 2. The molecule has 0 aromatic heterocycles. The first-order valence-corrected chi connectivity index (χ1v) is 9.14. The van der Waals surface area contributed by atoms with Gasteiger partial charge in [0.2, 0.25) is 0 Å². The van der Waals surface area contributed by atoms with Crippen molar-refractivity contribution in [2.24, 2.45) is 4.99 Å². The zero-order valence-electron chi connectivity index (χ0n) is 16.4. The Hall–Kier alpha value is -2.64. The molecule has 1 unspecified atom stereocenters. The van der Waals surface area contributed by atoms with Crippen LogP contribution in [-0.2, 0) is 11.3 Å². The summed E-state index contributed by atoms with van der Waals surface area (Å²) in [7, 11) is 1.65. The van der Waals surface area contributed by atoms with Crippen LogP contribution in [0.3, 0.4) is 0 Å². The van der Waals surface area contributed by atoms with E-state index in [0.717, 1.165) is 5.56 Å². The molecule has 0 saturated carbocycles. The highest BCUT2D eigenvalue weighted by Crippen LogP contribution is 2.20. The lowest BCUT2D eigenvalue weighted by molar-refractivity contribution is -0.130. The van der Waals surface area contributed by atoms with Gasteiger partial charge in [0.15, 0.2) is 5.96 Å². The Morgan fingerprint density at radius 1 is 1.33 bits per heavy atom. The van der Waals surface area contributed by atoms with E-state index in [2.05, 4.69) is 20.9 Å². The predicted molar refractivity (Wildman–Crippen MR) is 103 cm³/mol. The number of benzene rings is 1. The highest BCUT2D eigenvalue weighted by Gasteiger charge is 2.45. The number of carbonyl (C=O) groups is 2. The SMILES string of the molecule is CCC1(C)NC(=O)N(CCCNC(=NC)NCc2ccc(C)c(F)c2)C1=O. The van der Waals surface area contributed by atoms with Crippen molar-refractivity contribution >= 4 is 17.9 Å². The number of rotatable bonds is 7. The molecule has 1 fully saturated rings. The average molecular weight is 377 g/mol. The van der Waals surface area contributed by atoms with Gasteiger partial charge in [-0.2, -0.15) is 0 Å². The van der Waals surface area contributed by atoms with Gasteiger partial charge in [0.1, 0.15) is 11.4 Å². The Bertz CT molecular complexity index is 737. The Morgan fingerprint density at radius 3 is 2.67 bits per heavy atom. The van der Waals surface area contributed by atoms with Crippen molar-refractivity contribution in [3.05, 3.63) is 35.1 Å². The molecule has 1 aromatic rings. The summed E-state index contributed by atoms with van der Waals surface area (Å²) in [6.45, 7) is 6.67. The minimum absolute atomic E-state index is 0.182. The fraction of sp³-hybridized carbons (Fsp3) is 0.526. The Kier molecular flexibility index (Phi) is 6.76. The fourth-order valence-electron chi connectivity index (χ4n) is 2.79. The van der Waals surface area contributed by atoms with Crippen molar-refractivity contribution in [3.8, 4) is 0 Å². The van der Waals surface area contributed by atoms with Crippen LogP contribution in [0.2, 0.25) is 0 Å². The van der Waals surface area contributed by atoms with Gasteiger partial charge < -0.3 is 16.0 Å². The standard InChI is InChI=1S/C19H28FN5O2/c1-5-19(3)16(26)25(18(27)24-19)10-6-9-22-17(21-4)23-12-14-8-7-13(2)15(20)11-14/h7-8,11H,5-6,9-10,12H2,1-4H3,(H,24,27)(H2,21,22,23). The molecule has 8 heteroatoms. The first-order valence-electron chi connectivity index (χ1n) is 9.14. The number of carbonyl (C=O) groups excluding carboxylic acids is 2. The van der Waals surface area contributed by atoms with E-state index in [0.29, 0.717) is 44.0 Å². The van der Waals surface area contributed by atoms with Crippen molar-refractivity contribution in [1.29, 1.82) is 0 Å². The van der Waals surface area contributed by atoms with Crippen LogP contribution in [0.15, 0.2) is 23.2 Å². The zero-order valence-corrected chi connectivity index (χ0v) is 16.4. The number of hydrogen-bond acceptors (Lipinski definition) is 3. The van der Waals surface area contributed by atoms with Gasteiger partial charge in [0.05, 0.1) is 0 Å². The number of halogens is 1. The van der Waals surface area contributed by atoms with Gasteiger partial charge in [-0.15, -0.1) is 0 Å². The van der Waals surface area contributed by atoms with Crippen LogP contribution in [0.25, 0.3) is 0 Å². The minimum atomic E-state index is -0.800. The maximum Gasteiger partial charge on any atom is 0.325 e. The van der Waals surface area contributed by atoms with Crippen molar-refractivity contribution in [2.75, 3.05) is 20.1 Å². The maximum absolute atomic E-state index is 13.6. The van der Waals surface area contributed by atoms with E-state index in [1.54, 1.807) is 27.0 Å². The van der Waals surface area contributed by atoms with E-state index in [-0.39, 0.29) is 17.8 Å². The molecule has 7 nitrogen and oxygen atoms in total. The van der Waals surface area contributed by atoms with E-state index in [1.807, 2.05) is 13.0 Å². The molecule has 0 aliphatic carbocycles. The van der Waals surface area contributed by atoms with Crippen LogP contribution in [-0.4, -0.2) is 48.5 Å². The van der Waals surface area contributed by atoms with Gasteiger partial charge in [-0.1, -0.05) is 19.1 Å². The normalized spacial score (nSPS) is 20.0. The molecule has 1 aliphatic heterocycles. The van der Waals surface area contributed by atoms with Crippen molar-refractivity contribution in [1.82, 2.24) is 20.9 Å². The highest BCUT2D eigenvalue weighted by molar-refractivity contribution is 6.06. The van der Waals surface area contributed by atoms with E-state index >= 15 is 0 Å². The molecular weight excluding hydrogens is 349 g/mol. The lowest BCUT2D eigenvalue weighted by Crippen LogP contribution is -2.43. The Morgan fingerprint density at radius 2 is 2.07 bits per heavy atom. The third-order valence-corrected chi connectivity index (χ3v) is 4.82. The molecule has 1 aromatic carbocycles. The lowest BCUT2D eigenvalue weighted by Gasteiger charge is -2.19. The fourth-order valence-corrected chi connectivity index (χ4v) is 2.79. The largest absolute Gasteiger partial charge is 0.356 e. The number of urea groups is 1. The number of aliphatic imine (C=N–C) groups is 1. The molecule has 27 heavy (non-hydrogen) atoms. The van der Waals surface area contributed by atoms with Crippen LogP contribution in [0.4, 0.5) is 9.18 Å². The number of amides is 3. The monoisotopic (exact) mass is 377 g/mol. The molecule has 1 aliphatic rings. The van der Waals surface area contributed by atoms with Crippen molar-refractivity contribution < 1.29 is 14.0 Å². The van der Waals surface area contributed by atoms with Crippen LogP contribution in [0, 0.1) is 12.7 Å². The summed E-state index contributed by atoms with van der Waals surface area (Å²) in [5.41, 5.74) is 0.631. The van der Waals surface area contributed by atoms with Crippen LogP contribution in [0.1, 0.15) is 37.8 Å². The summed E-state index contributed by atoms with van der Waals surface area (Å²) in [5.74, 6) is 0.162. The second-order valence-electron chi connectivity index (χ2n) is 6.86. The minimum Gasteiger partial charge on any atom is -0.356 e. The zero-order chi connectivity index (χ0) is 20.0. The predicted octanol–water partition coefficient (Wildman–Crippen LogP) is 1.91. The van der Waals surface area contributed by atoms with Gasteiger partial charge in [-0.3, -0.25) is 14.7 Å². The molecule has 3 N–H and O–H groups in total. The van der Waals surface area contributed by atoms with Gasteiger partial charge >= 0.3 is 6.03 Å². The average Bonchev–Trinajstić information content (AvgIpc) is 2.87. The summed E-state index contributed by atoms with van der Waals surface area (Å²) in [4.78, 5) is 29.7. The number of hydrogen-bond donors (Lipinski definition) is 3. The van der Waals surface area contributed by atoms with Crippen molar-refractivity contribution in [3.63, 3.8) is 0 Å². The topological polar surface area (TPSA) is 85.8 Å². The smallest absolute Gasteiger partial charge is 0.325 e. The molecule has 148 valence electrons. The summed E-state index contributed by atoms with van der Waals surface area (Å²) in [5, 5.41) is 8.98. The van der Waals surface area contributed by atoms with Crippen LogP contribution in [0.5, 0.6) is 0 Å². The third kappa shape index (κ3) is 4.96. The van der Waals surface area contributed by atoms with E-state index in [4.69, 9.17) is 0 Å². The molecule has 0 bridgehead atoms. The molecule has 1 atom stereocenters. The molecular formula is C19H28FN5O2. The quantitative estimate of drug-likeness (QED) is 0.293. The first kappa shape index (κ1) is 20.7. The van der Waals surface area contributed by atoms with Crippen molar-refractivity contribution in [2.45, 2.75) is 45.7 Å². The number of imide groups is 1. The van der Waals surface area contributed by atoms with E-state index in [9.17, 15) is 14.0 Å². The van der Waals surface area contributed by atoms with Crippen LogP contribution >= 0.6 is 0 Å². The molecule has 1 heterocycles. The third-order valence-electron chi connectivity index (χ3n) is 4.82. The van der Waals surface area contributed by atoms with Gasteiger partial charge in [-0.25, -0.2) is 9.18 Å². The number of guanidine groups is 1. The summed E-state index contributed by atoms with van der Waals surface area (Å²) in [6.07, 6.45) is 1.15. The highest BCUT2D eigenvalue weighted by atomic mass is 19.1. The Labute approximate surface area is 159 Å². The van der Waals surface area contributed by atoms with E-state index in [1.165, 1.54) is 11.0 Å². The summed E-state index contributed by atoms with van der Waals surface area (Å²) >= 11 is 0.